The van der Waals surface area contributed by atoms with Crippen molar-refractivity contribution in [1.29, 1.82) is 0 Å². The number of amides is 2. The molecule has 6 nitrogen and oxygen atoms in total. The fraction of sp³-hybridized carbons (Fsp3) is 0.296. The zero-order chi connectivity index (χ0) is 24.0. The van der Waals surface area contributed by atoms with Crippen molar-refractivity contribution in [3.8, 4) is 5.69 Å². The van der Waals surface area contributed by atoms with Crippen LogP contribution in [-0.2, 0) is 15.0 Å². The second kappa shape index (κ2) is 10.3. The van der Waals surface area contributed by atoms with Gasteiger partial charge in [0, 0.05) is 23.6 Å². The summed E-state index contributed by atoms with van der Waals surface area (Å²) in [4.78, 5) is 27.3. The number of para-hydroxylation sites is 1. The van der Waals surface area contributed by atoms with Crippen LogP contribution in [0, 0.1) is 0 Å². The SMILES string of the molecule is CC(C)N(CC(=O)Nc1cc(C(C)(C)C)nn1-c1ccccc1)C(=O)C=Cc1ccccc1. The van der Waals surface area contributed by atoms with Crippen LogP contribution < -0.4 is 5.32 Å². The van der Waals surface area contributed by atoms with Gasteiger partial charge >= 0.3 is 0 Å². The van der Waals surface area contributed by atoms with E-state index in [0.717, 1.165) is 16.9 Å². The molecule has 33 heavy (non-hydrogen) atoms. The molecule has 1 aromatic heterocycles. The summed E-state index contributed by atoms with van der Waals surface area (Å²) in [6.07, 6.45) is 3.27. The lowest BCUT2D eigenvalue weighted by molar-refractivity contribution is -0.132. The Morgan fingerprint density at radius 1 is 1.03 bits per heavy atom. The van der Waals surface area contributed by atoms with Crippen LogP contribution in [0.4, 0.5) is 5.82 Å². The average Bonchev–Trinajstić information content (AvgIpc) is 3.21. The Labute approximate surface area is 195 Å². The first kappa shape index (κ1) is 24.0. The van der Waals surface area contributed by atoms with Gasteiger partial charge in [0.15, 0.2) is 0 Å². The molecule has 0 aliphatic carbocycles. The second-order valence-electron chi connectivity index (χ2n) is 9.26. The summed E-state index contributed by atoms with van der Waals surface area (Å²) in [5, 5.41) is 7.69. The van der Waals surface area contributed by atoms with E-state index >= 15 is 0 Å². The van der Waals surface area contributed by atoms with Crippen LogP contribution in [-0.4, -0.2) is 39.1 Å². The molecule has 2 amide bonds. The summed E-state index contributed by atoms with van der Waals surface area (Å²) >= 11 is 0. The van der Waals surface area contributed by atoms with Gasteiger partial charge in [0.25, 0.3) is 0 Å². The largest absolute Gasteiger partial charge is 0.327 e. The Morgan fingerprint density at radius 2 is 1.64 bits per heavy atom. The number of carbonyl (C=O) groups is 2. The van der Waals surface area contributed by atoms with Gasteiger partial charge in [0.05, 0.1) is 11.4 Å². The molecular weight excluding hydrogens is 412 g/mol. The van der Waals surface area contributed by atoms with E-state index in [9.17, 15) is 9.59 Å². The van der Waals surface area contributed by atoms with Gasteiger partial charge in [-0.3, -0.25) is 9.59 Å². The molecule has 0 saturated heterocycles. The number of rotatable bonds is 7. The summed E-state index contributed by atoms with van der Waals surface area (Å²) in [6, 6.07) is 21.0. The molecule has 0 aliphatic heterocycles. The molecule has 0 radical (unpaired) electrons. The monoisotopic (exact) mass is 444 g/mol. The number of anilines is 1. The van der Waals surface area contributed by atoms with Crippen LogP contribution in [0.5, 0.6) is 0 Å². The van der Waals surface area contributed by atoms with Crippen LogP contribution in [0.3, 0.4) is 0 Å². The molecule has 2 aromatic carbocycles. The molecule has 1 N–H and O–H groups in total. The van der Waals surface area contributed by atoms with E-state index in [1.54, 1.807) is 15.7 Å². The number of nitrogens with one attached hydrogen (secondary N) is 1. The van der Waals surface area contributed by atoms with Crippen molar-refractivity contribution in [1.82, 2.24) is 14.7 Å². The maximum absolute atomic E-state index is 13.0. The number of carbonyl (C=O) groups excluding carboxylic acids is 2. The van der Waals surface area contributed by atoms with Crippen molar-refractivity contribution < 1.29 is 9.59 Å². The molecule has 6 heteroatoms. The molecule has 172 valence electrons. The lowest BCUT2D eigenvalue weighted by atomic mass is 9.92. The molecule has 0 fully saturated rings. The van der Waals surface area contributed by atoms with Gasteiger partial charge in [0.2, 0.25) is 11.8 Å². The number of nitrogens with zero attached hydrogens (tertiary/aromatic N) is 3. The van der Waals surface area contributed by atoms with Crippen LogP contribution in [0.1, 0.15) is 45.9 Å². The van der Waals surface area contributed by atoms with Gasteiger partial charge < -0.3 is 10.2 Å². The third kappa shape index (κ3) is 6.42. The first-order chi connectivity index (χ1) is 15.6. The summed E-state index contributed by atoms with van der Waals surface area (Å²) < 4.78 is 1.73. The highest BCUT2D eigenvalue weighted by molar-refractivity contribution is 5.98. The first-order valence-corrected chi connectivity index (χ1v) is 11.1. The molecule has 0 unspecified atom stereocenters. The molecule has 0 atom stereocenters. The van der Waals surface area contributed by atoms with E-state index in [2.05, 4.69) is 26.1 Å². The van der Waals surface area contributed by atoms with E-state index in [4.69, 9.17) is 5.10 Å². The van der Waals surface area contributed by atoms with Crippen LogP contribution >= 0.6 is 0 Å². The number of benzene rings is 2. The molecule has 3 rings (SSSR count). The highest BCUT2D eigenvalue weighted by Gasteiger charge is 2.23. The molecule has 0 bridgehead atoms. The zero-order valence-corrected chi connectivity index (χ0v) is 19.9. The number of hydrogen-bond acceptors (Lipinski definition) is 3. The number of aromatic nitrogens is 2. The minimum atomic E-state index is -0.275. The third-order valence-corrected chi connectivity index (χ3v) is 5.18. The standard InChI is InChI=1S/C27H32N4O2/c1-20(2)30(26(33)17-16-21-12-8-6-9-13-21)19-25(32)28-24-18-23(27(3,4)5)29-31(24)22-14-10-7-11-15-22/h6-18,20H,19H2,1-5H3,(H,28,32). The molecule has 3 aromatic rings. The third-order valence-electron chi connectivity index (χ3n) is 5.18. The van der Waals surface area contributed by atoms with Crippen molar-refractivity contribution in [2.45, 2.75) is 46.1 Å². The quantitative estimate of drug-likeness (QED) is 0.518. The maximum Gasteiger partial charge on any atom is 0.247 e. The number of hydrogen-bond donors (Lipinski definition) is 1. The first-order valence-electron chi connectivity index (χ1n) is 11.1. The zero-order valence-electron chi connectivity index (χ0n) is 19.9. The van der Waals surface area contributed by atoms with Gasteiger partial charge in [-0.1, -0.05) is 69.3 Å². The van der Waals surface area contributed by atoms with Gasteiger partial charge in [0.1, 0.15) is 12.4 Å². The summed E-state index contributed by atoms with van der Waals surface area (Å²) in [5.74, 6) is 0.0887. The van der Waals surface area contributed by atoms with E-state index in [0.29, 0.717) is 5.82 Å². The van der Waals surface area contributed by atoms with Crippen molar-refractivity contribution in [2.24, 2.45) is 0 Å². The average molecular weight is 445 g/mol. The Hall–Kier alpha value is -3.67. The van der Waals surface area contributed by atoms with E-state index in [-0.39, 0.29) is 29.8 Å². The van der Waals surface area contributed by atoms with E-state index < -0.39 is 0 Å². The van der Waals surface area contributed by atoms with Gasteiger partial charge in [-0.2, -0.15) is 5.10 Å². The van der Waals surface area contributed by atoms with E-state index in [1.165, 1.54) is 6.08 Å². The molecule has 0 spiro atoms. The Kier molecular flexibility index (Phi) is 7.48. The molecular formula is C27H32N4O2. The molecule has 0 saturated carbocycles. The maximum atomic E-state index is 13.0. The summed E-state index contributed by atoms with van der Waals surface area (Å²) in [7, 11) is 0. The Bertz CT molecular complexity index is 1110. The predicted octanol–water partition coefficient (Wildman–Crippen LogP) is 5.06. The van der Waals surface area contributed by atoms with Crippen molar-refractivity contribution >= 4 is 23.7 Å². The minimum absolute atomic E-state index is 0.0551. The highest BCUT2D eigenvalue weighted by Crippen LogP contribution is 2.26. The van der Waals surface area contributed by atoms with Crippen molar-refractivity contribution in [2.75, 3.05) is 11.9 Å². The topological polar surface area (TPSA) is 67.2 Å². The van der Waals surface area contributed by atoms with Crippen LogP contribution in [0.25, 0.3) is 11.8 Å². The molecule has 1 heterocycles. The Morgan fingerprint density at radius 3 is 2.21 bits per heavy atom. The van der Waals surface area contributed by atoms with E-state index in [1.807, 2.05) is 80.6 Å². The van der Waals surface area contributed by atoms with Crippen LogP contribution in [0.15, 0.2) is 72.8 Å². The summed E-state index contributed by atoms with van der Waals surface area (Å²) in [5.41, 5.74) is 2.47. The highest BCUT2D eigenvalue weighted by atomic mass is 16.2. The fourth-order valence-electron chi connectivity index (χ4n) is 3.28. The van der Waals surface area contributed by atoms with Crippen molar-refractivity contribution in [3.05, 3.63) is 84.1 Å². The normalized spacial score (nSPS) is 11.7. The fourth-order valence-corrected chi connectivity index (χ4v) is 3.28. The van der Waals surface area contributed by atoms with Gasteiger partial charge in [-0.15, -0.1) is 0 Å². The minimum Gasteiger partial charge on any atom is -0.327 e. The second-order valence-corrected chi connectivity index (χ2v) is 9.26. The summed E-state index contributed by atoms with van der Waals surface area (Å²) in [6.45, 7) is 9.97. The Balaban J connectivity index is 1.78. The van der Waals surface area contributed by atoms with Crippen LogP contribution in [0.2, 0.25) is 0 Å². The predicted molar refractivity (Wildman–Crippen MR) is 133 cm³/mol. The van der Waals surface area contributed by atoms with Gasteiger partial charge in [-0.05, 0) is 37.6 Å². The molecule has 0 aliphatic rings. The smallest absolute Gasteiger partial charge is 0.247 e. The lowest BCUT2D eigenvalue weighted by Crippen LogP contribution is -2.41. The van der Waals surface area contributed by atoms with Crippen molar-refractivity contribution in [3.63, 3.8) is 0 Å². The lowest BCUT2D eigenvalue weighted by Gasteiger charge is -2.25. The van der Waals surface area contributed by atoms with Gasteiger partial charge in [-0.25, -0.2) is 4.68 Å².